The van der Waals surface area contributed by atoms with Crippen LogP contribution in [0.15, 0.2) is 30.5 Å². The Morgan fingerprint density at radius 2 is 1.96 bits per heavy atom. The fourth-order valence-corrected chi connectivity index (χ4v) is 4.56. The van der Waals surface area contributed by atoms with Crippen molar-refractivity contribution >= 4 is 12.1 Å². The molecule has 2 atom stereocenters. The highest BCUT2D eigenvalue weighted by molar-refractivity contribution is 5.77. The van der Waals surface area contributed by atoms with E-state index in [-0.39, 0.29) is 17.3 Å². The highest BCUT2D eigenvalue weighted by Gasteiger charge is 2.50. The Bertz CT molecular complexity index is 623. The molecule has 1 heterocycles. The molecule has 124 valence electrons. The van der Waals surface area contributed by atoms with E-state index >= 15 is 0 Å². The van der Waals surface area contributed by atoms with Crippen LogP contribution in [0, 0.1) is 16.6 Å². The minimum Gasteiger partial charge on any atom is -0.321 e. The SMILES string of the molecule is CC1(C)CC2CC(C)(CN2C(=O)N/C=C/c2ccc(F)cc2)C1. The van der Waals surface area contributed by atoms with Gasteiger partial charge in [-0.3, -0.25) is 0 Å². The number of amides is 2. The third-order valence-corrected chi connectivity index (χ3v) is 5.03. The Hall–Kier alpha value is -1.84. The van der Waals surface area contributed by atoms with Gasteiger partial charge in [-0.1, -0.05) is 32.9 Å². The van der Waals surface area contributed by atoms with E-state index in [1.807, 2.05) is 4.90 Å². The number of halogens is 1. The monoisotopic (exact) mass is 316 g/mol. The van der Waals surface area contributed by atoms with Gasteiger partial charge in [-0.05, 0) is 53.9 Å². The maximum Gasteiger partial charge on any atom is 0.321 e. The van der Waals surface area contributed by atoms with Crippen LogP contribution in [0.2, 0.25) is 0 Å². The Balaban J connectivity index is 1.62. The van der Waals surface area contributed by atoms with Crippen LogP contribution < -0.4 is 5.32 Å². The second-order valence-corrected chi connectivity index (χ2v) is 8.18. The van der Waals surface area contributed by atoms with Crippen LogP contribution in [-0.4, -0.2) is 23.5 Å². The molecule has 0 radical (unpaired) electrons. The summed E-state index contributed by atoms with van der Waals surface area (Å²) in [5.74, 6) is -0.258. The predicted molar refractivity (Wildman–Crippen MR) is 90.2 cm³/mol. The molecular weight excluding hydrogens is 291 g/mol. The molecule has 3 rings (SSSR count). The van der Waals surface area contributed by atoms with Gasteiger partial charge in [0.05, 0.1) is 0 Å². The molecule has 3 nitrogen and oxygen atoms in total. The van der Waals surface area contributed by atoms with Gasteiger partial charge in [0.1, 0.15) is 5.82 Å². The molecule has 0 aromatic heterocycles. The van der Waals surface area contributed by atoms with Gasteiger partial charge in [0.15, 0.2) is 0 Å². The first-order valence-corrected chi connectivity index (χ1v) is 8.26. The molecule has 1 aliphatic heterocycles. The van der Waals surface area contributed by atoms with Crippen LogP contribution in [0.3, 0.4) is 0 Å². The number of nitrogens with zero attached hydrogens (tertiary/aromatic N) is 1. The molecule has 1 aliphatic carbocycles. The van der Waals surface area contributed by atoms with Gasteiger partial charge in [0, 0.05) is 18.8 Å². The van der Waals surface area contributed by atoms with Crippen molar-refractivity contribution < 1.29 is 9.18 Å². The molecule has 2 unspecified atom stereocenters. The Morgan fingerprint density at radius 3 is 2.65 bits per heavy atom. The van der Waals surface area contributed by atoms with Crippen molar-refractivity contribution in [1.29, 1.82) is 0 Å². The molecule has 1 saturated heterocycles. The number of likely N-dealkylation sites (tertiary alicyclic amines) is 1. The van der Waals surface area contributed by atoms with Crippen molar-refractivity contribution in [2.24, 2.45) is 10.8 Å². The summed E-state index contributed by atoms with van der Waals surface area (Å²) in [7, 11) is 0. The van der Waals surface area contributed by atoms with Gasteiger partial charge < -0.3 is 10.2 Å². The third kappa shape index (κ3) is 3.57. The maximum atomic E-state index is 12.9. The van der Waals surface area contributed by atoms with E-state index in [1.165, 1.54) is 18.6 Å². The van der Waals surface area contributed by atoms with Gasteiger partial charge in [-0.25, -0.2) is 9.18 Å². The summed E-state index contributed by atoms with van der Waals surface area (Å²) < 4.78 is 12.9. The summed E-state index contributed by atoms with van der Waals surface area (Å²) in [6, 6.07) is 6.49. The second kappa shape index (κ2) is 5.66. The zero-order valence-electron chi connectivity index (χ0n) is 14.1. The number of carbonyl (C=O) groups is 1. The molecule has 2 fully saturated rings. The number of benzene rings is 1. The lowest BCUT2D eigenvalue weighted by atomic mass is 9.65. The number of hydrogen-bond donors (Lipinski definition) is 1. The van der Waals surface area contributed by atoms with Crippen LogP contribution in [-0.2, 0) is 0 Å². The number of carbonyl (C=O) groups excluding carboxylic acids is 1. The van der Waals surface area contributed by atoms with E-state index in [0.717, 1.165) is 24.9 Å². The predicted octanol–water partition coefficient (Wildman–Crippen LogP) is 4.41. The topological polar surface area (TPSA) is 32.3 Å². The van der Waals surface area contributed by atoms with Crippen LogP contribution in [0.5, 0.6) is 0 Å². The summed E-state index contributed by atoms with van der Waals surface area (Å²) in [6.07, 6.45) is 6.77. The third-order valence-electron chi connectivity index (χ3n) is 5.03. The molecular formula is C19H25FN2O. The summed E-state index contributed by atoms with van der Waals surface area (Å²) in [6.45, 7) is 7.72. The first-order chi connectivity index (χ1) is 10.8. The smallest absolute Gasteiger partial charge is 0.321 e. The second-order valence-electron chi connectivity index (χ2n) is 8.18. The summed E-state index contributed by atoms with van der Waals surface area (Å²) in [5.41, 5.74) is 1.40. The number of nitrogens with one attached hydrogen (secondary N) is 1. The van der Waals surface area contributed by atoms with E-state index in [1.54, 1.807) is 24.4 Å². The lowest BCUT2D eigenvalue weighted by Crippen LogP contribution is -2.41. The number of fused-ring (bicyclic) bond motifs is 2. The fourth-order valence-electron chi connectivity index (χ4n) is 4.56. The van der Waals surface area contributed by atoms with Gasteiger partial charge in [-0.2, -0.15) is 0 Å². The fraction of sp³-hybridized carbons (Fsp3) is 0.526. The molecule has 1 aromatic carbocycles. The van der Waals surface area contributed by atoms with Crippen LogP contribution >= 0.6 is 0 Å². The molecule has 0 spiro atoms. The Morgan fingerprint density at radius 1 is 1.26 bits per heavy atom. The van der Waals surface area contributed by atoms with Gasteiger partial charge in [0.2, 0.25) is 0 Å². The molecule has 1 saturated carbocycles. The largest absolute Gasteiger partial charge is 0.321 e. The van der Waals surface area contributed by atoms with Gasteiger partial charge in [-0.15, -0.1) is 0 Å². The minimum atomic E-state index is -0.258. The van der Waals surface area contributed by atoms with Gasteiger partial charge in [0.25, 0.3) is 0 Å². The quantitative estimate of drug-likeness (QED) is 0.861. The van der Waals surface area contributed by atoms with E-state index in [4.69, 9.17) is 0 Å². The first kappa shape index (κ1) is 16.0. The maximum absolute atomic E-state index is 12.9. The molecule has 1 aromatic rings. The van der Waals surface area contributed by atoms with Crippen LogP contribution in [0.1, 0.15) is 45.6 Å². The molecule has 4 heteroatoms. The summed E-state index contributed by atoms with van der Waals surface area (Å²) in [4.78, 5) is 14.5. The summed E-state index contributed by atoms with van der Waals surface area (Å²) >= 11 is 0. The zero-order valence-corrected chi connectivity index (χ0v) is 14.1. The van der Waals surface area contributed by atoms with Crippen molar-refractivity contribution in [2.75, 3.05) is 6.54 Å². The lowest BCUT2D eigenvalue weighted by Gasteiger charge is -2.39. The number of rotatable bonds is 2. The lowest BCUT2D eigenvalue weighted by molar-refractivity contribution is 0.129. The Labute approximate surface area is 137 Å². The van der Waals surface area contributed by atoms with E-state index in [2.05, 4.69) is 26.1 Å². The minimum absolute atomic E-state index is 0.0326. The molecule has 23 heavy (non-hydrogen) atoms. The van der Waals surface area contributed by atoms with E-state index in [0.29, 0.717) is 11.5 Å². The normalized spacial score (nSPS) is 29.0. The molecule has 1 N–H and O–H groups in total. The summed E-state index contributed by atoms with van der Waals surface area (Å²) in [5, 5.41) is 2.86. The Kier molecular flexibility index (Phi) is 3.95. The molecule has 2 bridgehead atoms. The zero-order chi connectivity index (χ0) is 16.7. The highest BCUT2D eigenvalue weighted by atomic mass is 19.1. The van der Waals surface area contributed by atoms with Crippen molar-refractivity contribution in [1.82, 2.24) is 10.2 Å². The van der Waals surface area contributed by atoms with Crippen LogP contribution in [0.4, 0.5) is 9.18 Å². The highest BCUT2D eigenvalue weighted by Crippen LogP contribution is 2.52. The van der Waals surface area contributed by atoms with Crippen molar-refractivity contribution in [3.8, 4) is 0 Å². The molecule has 2 amide bonds. The van der Waals surface area contributed by atoms with E-state index in [9.17, 15) is 9.18 Å². The first-order valence-electron chi connectivity index (χ1n) is 8.26. The van der Waals surface area contributed by atoms with Gasteiger partial charge >= 0.3 is 6.03 Å². The molecule has 2 aliphatic rings. The van der Waals surface area contributed by atoms with E-state index < -0.39 is 0 Å². The average Bonchev–Trinajstić information content (AvgIpc) is 2.70. The number of hydrogen-bond acceptors (Lipinski definition) is 1. The van der Waals surface area contributed by atoms with Crippen molar-refractivity contribution in [2.45, 2.75) is 46.1 Å². The average molecular weight is 316 g/mol. The number of urea groups is 1. The standard InChI is InChI=1S/C19H25FN2O/c1-18(2)10-16-11-19(3,12-18)13-22(16)17(23)21-9-8-14-4-6-15(20)7-5-14/h4-9,16H,10-13H2,1-3H3,(H,21,23)/b9-8+. The van der Waals surface area contributed by atoms with Crippen molar-refractivity contribution in [3.63, 3.8) is 0 Å². The van der Waals surface area contributed by atoms with Crippen molar-refractivity contribution in [3.05, 3.63) is 41.8 Å². The van der Waals surface area contributed by atoms with Crippen LogP contribution in [0.25, 0.3) is 6.08 Å².